The summed E-state index contributed by atoms with van der Waals surface area (Å²) in [6.45, 7) is 12.7. The van der Waals surface area contributed by atoms with Gasteiger partial charge in [-0.1, -0.05) is 51.1 Å². The van der Waals surface area contributed by atoms with Gasteiger partial charge in [-0.3, -0.25) is 4.79 Å². The number of nitrogens with zero attached hydrogens (tertiary/aromatic N) is 1. The summed E-state index contributed by atoms with van der Waals surface area (Å²) in [7, 11) is 0. The number of ether oxygens (including phenoxy) is 3. The van der Waals surface area contributed by atoms with Gasteiger partial charge in [0.05, 0.1) is 12.0 Å². The number of hydrogen-bond acceptors (Lipinski definition) is 6. The molecule has 6 nitrogen and oxygen atoms in total. The molecule has 0 radical (unpaired) electrons. The molecule has 200 valence electrons. The van der Waals surface area contributed by atoms with Crippen LogP contribution in [0.2, 0.25) is 0 Å². The van der Waals surface area contributed by atoms with E-state index in [2.05, 4.69) is 31.8 Å². The van der Waals surface area contributed by atoms with Crippen molar-refractivity contribution in [3.05, 3.63) is 59.8 Å². The van der Waals surface area contributed by atoms with Crippen LogP contribution in [0.4, 0.5) is 0 Å². The minimum atomic E-state index is -1.66. The predicted molar refractivity (Wildman–Crippen MR) is 143 cm³/mol. The fourth-order valence-corrected chi connectivity index (χ4v) is 8.60. The van der Waals surface area contributed by atoms with Gasteiger partial charge in [0.2, 0.25) is 5.88 Å². The third-order valence-corrected chi connectivity index (χ3v) is 10.5. The molecule has 4 aliphatic carbocycles. The third kappa shape index (κ3) is 2.94. The van der Waals surface area contributed by atoms with Gasteiger partial charge in [-0.15, -0.1) is 0 Å². The van der Waals surface area contributed by atoms with Gasteiger partial charge in [0.25, 0.3) is 0 Å². The van der Waals surface area contributed by atoms with Crippen LogP contribution < -0.4 is 4.74 Å². The number of allylic oxidation sites excluding steroid dienone is 1. The Morgan fingerprint density at radius 2 is 1.89 bits per heavy atom. The van der Waals surface area contributed by atoms with Crippen LogP contribution in [0.25, 0.3) is 10.8 Å². The number of aromatic nitrogens is 1. The van der Waals surface area contributed by atoms with Crippen molar-refractivity contribution < 1.29 is 24.1 Å². The summed E-state index contributed by atoms with van der Waals surface area (Å²) in [6, 6.07) is 9.87. The van der Waals surface area contributed by atoms with Crippen LogP contribution in [-0.2, 0) is 14.3 Å². The maximum absolute atomic E-state index is 14.8. The largest absolute Gasteiger partial charge is 0.466 e. The highest BCUT2D eigenvalue weighted by molar-refractivity contribution is 5.95. The van der Waals surface area contributed by atoms with E-state index in [0.717, 1.165) is 28.3 Å². The summed E-state index contributed by atoms with van der Waals surface area (Å²) >= 11 is 0. The minimum Gasteiger partial charge on any atom is -0.466 e. The number of benzene rings is 1. The lowest BCUT2D eigenvalue weighted by Gasteiger charge is -2.52. The number of aliphatic hydroxyl groups is 1. The molecule has 1 aromatic heterocycles. The molecule has 6 heteroatoms. The van der Waals surface area contributed by atoms with Crippen LogP contribution in [0.1, 0.15) is 48.0 Å². The summed E-state index contributed by atoms with van der Waals surface area (Å²) in [5.74, 6) is -0.0925. The van der Waals surface area contributed by atoms with Gasteiger partial charge >= 0.3 is 0 Å². The van der Waals surface area contributed by atoms with Crippen LogP contribution >= 0.6 is 0 Å². The molecule has 38 heavy (non-hydrogen) atoms. The lowest BCUT2D eigenvalue weighted by Crippen LogP contribution is -2.68. The maximum atomic E-state index is 14.8. The Kier molecular flexibility index (Phi) is 4.87. The molecule has 1 saturated heterocycles. The highest BCUT2D eigenvalue weighted by Gasteiger charge is 2.77. The van der Waals surface area contributed by atoms with Gasteiger partial charge < -0.3 is 19.3 Å². The summed E-state index contributed by atoms with van der Waals surface area (Å²) < 4.78 is 19.4. The SMILES string of the molecule is CC1=C[C@]23C(=O)[C@@H](C=C4COC(C)(C)O[C@H]4[C@]2(O)[C@H]1Oc1nccc2ccccc12)[C@H]1[C@@H](C[C@H]3C)C1(C)C. The fraction of sp³-hybridized carbons (Fsp3) is 0.562. The predicted octanol–water partition coefficient (Wildman–Crippen LogP) is 5.25. The number of carbonyl (C=O) groups is 1. The van der Waals surface area contributed by atoms with Crippen molar-refractivity contribution in [3.63, 3.8) is 0 Å². The Morgan fingerprint density at radius 1 is 1.13 bits per heavy atom. The first-order valence-corrected chi connectivity index (χ1v) is 13.9. The summed E-state index contributed by atoms with van der Waals surface area (Å²) in [5.41, 5.74) is -1.04. The number of fused-ring (bicyclic) bond motifs is 6. The van der Waals surface area contributed by atoms with Gasteiger partial charge in [-0.25, -0.2) is 4.98 Å². The molecule has 1 aromatic carbocycles. The van der Waals surface area contributed by atoms with Gasteiger partial charge in [0.1, 0.15) is 6.10 Å². The molecule has 0 amide bonds. The minimum absolute atomic E-state index is 0.0843. The van der Waals surface area contributed by atoms with E-state index in [9.17, 15) is 9.90 Å². The zero-order valence-electron chi connectivity index (χ0n) is 23.0. The van der Waals surface area contributed by atoms with Gasteiger partial charge in [-0.2, -0.15) is 0 Å². The molecule has 2 bridgehead atoms. The van der Waals surface area contributed by atoms with Crippen molar-refractivity contribution in [1.82, 2.24) is 4.98 Å². The molecular formula is C32H37NO5. The number of rotatable bonds is 2. The molecule has 2 heterocycles. The Balaban J connectivity index is 1.43. The first-order valence-electron chi connectivity index (χ1n) is 13.9. The molecule has 8 atom stereocenters. The molecule has 3 fully saturated rings. The topological polar surface area (TPSA) is 77.9 Å². The van der Waals surface area contributed by atoms with Crippen LogP contribution in [0, 0.1) is 34.5 Å². The van der Waals surface area contributed by atoms with Crippen LogP contribution in [0.5, 0.6) is 5.88 Å². The van der Waals surface area contributed by atoms with E-state index in [1.807, 2.05) is 57.2 Å². The average Bonchev–Trinajstić information content (AvgIpc) is 3.36. The number of ketones is 1. The van der Waals surface area contributed by atoms with Crippen molar-refractivity contribution in [2.24, 2.45) is 34.5 Å². The van der Waals surface area contributed by atoms with E-state index in [1.54, 1.807) is 6.20 Å². The number of carbonyl (C=O) groups excluding carboxylic acids is 1. The second-order valence-corrected chi connectivity index (χ2v) is 13.3. The highest BCUT2D eigenvalue weighted by atomic mass is 16.7. The Labute approximate surface area is 224 Å². The van der Waals surface area contributed by atoms with Gasteiger partial charge in [-0.05, 0) is 79.0 Å². The molecule has 1 spiro atoms. The molecule has 2 aromatic rings. The van der Waals surface area contributed by atoms with Gasteiger partial charge in [0, 0.05) is 17.5 Å². The summed E-state index contributed by atoms with van der Waals surface area (Å²) in [6.07, 6.45) is 5.15. The normalized spacial score (nSPS) is 42.1. The van der Waals surface area contributed by atoms with Crippen LogP contribution in [-0.4, -0.2) is 46.1 Å². The van der Waals surface area contributed by atoms with Crippen LogP contribution in [0.15, 0.2) is 59.8 Å². The summed E-state index contributed by atoms with van der Waals surface area (Å²) in [5, 5.41) is 15.1. The third-order valence-electron chi connectivity index (χ3n) is 10.5. The van der Waals surface area contributed by atoms with E-state index in [4.69, 9.17) is 14.2 Å². The standard InChI is InChI=1S/C32H37NO5/c1-17-15-31-18(2)13-23-24(29(23,3)4)22(25(31)34)14-20-16-36-30(5,6)38-27(20)32(31,35)26(17)37-28-21-10-8-7-9-19(21)11-12-33-28/h7-12,14-15,18,22-24,26-27,35H,13,16H2,1-6H3/t18-,22+,23-,24+,26+,27-,31+,32-/m1/s1. The highest BCUT2D eigenvalue weighted by Crippen LogP contribution is 2.72. The first kappa shape index (κ1) is 24.5. The second-order valence-electron chi connectivity index (χ2n) is 13.3. The number of hydrogen-bond donors (Lipinski definition) is 1. The number of Topliss-reactive ketones (excluding diaryl/α,β-unsaturated/α-hetero) is 1. The lowest BCUT2D eigenvalue weighted by atomic mass is 9.59. The summed E-state index contributed by atoms with van der Waals surface area (Å²) in [4.78, 5) is 19.4. The maximum Gasteiger partial charge on any atom is 0.222 e. The van der Waals surface area contributed by atoms with Crippen molar-refractivity contribution >= 4 is 16.6 Å². The second kappa shape index (κ2) is 7.56. The fourth-order valence-electron chi connectivity index (χ4n) is 8.60. The van der Waals surface area contributed by atoms with E-state index in [0.29, 0.717) is 18.4 Å². The van der Waals surface area contributed by atoms with E-state index >= 15 is 0 Å². The molecule has 0 unspecified atom stereocenters. The van der Waals surface area contributed by atoms with E-state index in [-0.39, 0.29) is 29.0 Å². The van der Waals surface area contributed by atoms with Crippen molar-refractivity contribution in [3.8, 4) is 5.88 Å². The molecule has 2 saturated carbocycles. The zero-order chi connectivity index (χ0) is 26.8. The Bertz CT molecular complexity index is 1420. The Morgan fingerprint density at radius 3 is 2.68 bits per heavy atom. The molecule has 1 aliphatic heterocycles. The first-order chi connectivity index (χ1) is 17.9. The molecule has 5 aliphatic rings. The lowest BCUT2D eigenvalue weighted by molar-refractivity contribution is -0.301. The molecule has 1 N–H and O–H groups in total. The zero-order valence-corrected chi connectivity index (χ0v) is 23.0. The quantitative estimate of drug-likeness (QED) is 0.551. The molecule has 7 rings (SSSR count). The van der Waals surface area contributed by atoms with Crippen molar-refractivity contribution in [2.75, 3.05) is 6.61 Å². The smallest absolute Gasteiger partial charge is 0.222 e. The van der Waals surface area contributed by atoms with Crippen LogP contribution in [0.3, 0.4) is 0 Å². The van der Waals surface area contributed by atoms with E-state index in [1.165, 1.54) is 0 Å². The van der Waals surface area contributed by atoms with Crippen molar-refractivity contribution in [2.45, 2.75) is 71.6 Å². The number of pyridine rings is 1. The molecular weight excluding hydrogens is 478 g/mol. The average molecular weight is 516 g/mol. The Hall–Kier alpha value is -2.54. The van der Waals surface area contributed by atoms with Crippen molar-refractivity contribution in [1.29, 1.82) is 0 Å². The monoisotopic (exact) mass is 515 g/mol. The van der Waals surface area contributed by atoms with Gasteiger partial charge in [0.15, 0.2) is 23.3 Å². The van der Waals surface area contributed by atoms with E-state index < -0.39 is 29.0 Å².